The van der Waals surface area contributed by atoms with Gasteiger partial charge >= 0.3 is 0 Å². The summed E-state index contributed by atoms with van der Waals surface area (Å²) in [5, 5.41) is 5.54. The Bertz CT molecular complexity index is 651. The molecule has 1 aliphatic heterocycles. The molecule has 0 atom stereocenters. The van der Waals surface area contributed by atoms with E-state index in [9.17, 15) is 14.4 Å². The van der Waals surface area contributed by atoms with Gasteiger partial charge < -0.3 is 20.4 Å². The van der Waals surface area contributed by atoms with Crippen LogP contribution in [-0.2, 0) is 16.0 Å². The SMILES string of the molecule is CNCCN(C)C(=O)c1ccc2c(c1)CCN2C(=O)CNC(C)=O.Cl. The van der Waals surface area contributed by atoms with E-state index in [1.165, 1.54) is 6.92 Å². The first kappa shape index (κ1) is 20.9. The maximum absolute atomic E-state index is 12.4. The molecule has 0 aromatic heterocycles. The molecule has 25 heavy (non-hydrogen) atoms. The Kier molecular flexibility index (Phi) is 7.86. The normalized spacial score (nSPS) is 12.2. The van der Waals surface area contributed by atoms with Crippen LogP contribution in [0.4, 0.5) is 5.69 Å². The number of carbonyl (C=O) groups is 3. The summed E-state index contributed by atoms with van der Waals surface area (Å²) in [6.07, 6.45) is 0.711. The van der Waals surface area contributed by atoms with Crippen LogP contribution in [0.1, 0.15) is 22.8 Å². The van der Waals surface area contributed by atoms with Crippen LogP contribution in [0.15, 0.2) is 18.2 Å². The van der Waals surface area contributed by atoms with Crippen LogP contribution in [-0.4, -0.2) is 62.9 Å². The molecule has 1 aromatic rings. The van der Waals surface area contributed by atoms with E-state index in [2.05, 4.69) is 10.6 Å². The Labute approximate surface area is 154 Å². The van der Waals surface area contributed by atoms with Gasteiger partial charge in [0.15, 0.2) is 0 Å². The van der Waals surface area contributed by atoms with Crippen molar-refractivity contribution in [1.82, 2.24) is 15.5 Å². The zero-order chi connectivity index (χ0) is 17.7. The highest BCUT2D eigenvalue weighted by atomic mass is 35.5. The van der Waals surface area contributed by atoms with E-state index < -0.39 is 0 Å². The lowest BCUT2D eigenvalue weighted by molar-refractivity contribution is -0.123. The number of fused-ring (bicyclic) bond motifs is 1. The molecular formula is C17H25ClN4O3. The fraction of sp³-hybridized carbons (Fsp3) is 0.471. The van der Waals surface area contributed by atoms with Gasteiger partial charge in [0, 0.05) is 44.9 Å². The number of hydrogen-bond acceptors (Lipinski definition) is 4. The number of halogens is 1. The van der Waals surface area contributed by atoms with Crippen molar-refractivity contribution in [3.05, 3.63) is 29.3 Å². The van der Waals surface area contributed by atoms with Crippen molar-refractivity contribution in [2.24, 2.45) is 0 Å². The molecule has 0 saturated carbocycles. The van der Waals surface area contributed by atoms with E-state index in [4.69, 9.17) is 0 Å². The molecule has 0 radical (unpaired) electrons. The van der Waals surface area contributed by atoms with E-state index in [1.54, 1.807) is 22.9 Å². The van der Waals surface area contributed by atoms with Crippen LogP contribution in [0, 0.1) is 0 Å². The van der Waals surface area contributed by atoms with Crippen molar-refractivity contribution < 1.29 is 14.4 Å². The quantitative estimate of drug-likeness (QED) is 0.762. The summed E-state index contributed by atoms with van der Waals surface area (Å²) in [6, 6.07) is 5.42. The smallest absolute Gasteiger partial charge is 0.253 e. The molecule has 0 bridgehead atoms. The molecule has 0 fully saturated rings. The second-order valence-electron chi connectivity index (χ2n) is 5.88. The second kappa shape index (κ2) is 9.39. The summed E-state index contributed by atoms with van der Waals surface area (Å²) in [6.45, 7) is 3.31. The third-order valence-electron chi connectivity index (χ3n) is 4.06. The molecule has 8 heteroatoms. The van der Waals surface area contributed by atoms with Gasteiger partial charge in [-0.1, -0.05) is 0 Å². The van der Waals surface area contributed by atoms with E-state index in [0.717, 1.165) is 17.8 Å². The Balaban J connectivity index is 0.00000312. The molecule has 7 nitrogen and oxygen atoms in total. The van der Waals surface area contributed by atoms with Gasteiger partial charge in [0.1, 0.15) is 0 Å². The Hall–Kier alpha value is -2.12. The number of hydrogen-bond donors (Lipinski definition) is 2. The van der Waals surface area contributed by atoms with Crippen molar-refractivity contribution in [3.63, 3.8) is 0 Å². The lowest BCUT2D eigenvalue weighted by Gasteiger charge is -2.19. The maximum atomic E-state index is 12.4. The molecule has 1 heterocycles. The zero-order valence-corrected chi connectivity index (χ0v) is 15.6. The highest BCUT2D eigenvalue weighted by Crippen LogP contribution is 2.29. The Morgan fingerprint density at radius 1 is 1.28 bits per heavy atom. The predicted molar refractivity (Wildman–Crippen MR) is 99.3 cm³/mol. The molecule has 0 spiro atoms. The van der Waals surface area contributed by atoms with E-state index in [-0.39, 0.29) is 36.7 Å². The minimum Gasteiger partial charge on any atom is -0.347 e. The van der Waals surface area contributed by atoms with Crippen LogP contribution in [0.5, 0.6) is 0 Å². The highest BCUT2D eigenvalue weighted by molar-refractivity contribution is 6.00. The van der Waals surface area contributed by atoms with Gasteiger partial charge in [0.25, 0.3) is 5.91 Å². The summed E-state index contributed by atoms with van der Waals surface area (Å²) < 4.78 is 0. The van der Waals surface area contributed by atoms with Crippen LogP contribution >= 0.6 is 12.4 Å². The van der Waals surface area contributed by atoms with Gasteiger partial charge in [-0.05, 0) is 37.2 Å². The molecule has 0 unspecified atom stereocenters. The lowest BCUT2D eigenvalue weighted by atomic mass is 10.1. The molecule has 2 N–H and O–H groups in total. The third kappa shape index (κ3) is 5.17. The Morgan fingerprint density at radius 3 is 2.64 bits per heavy atom. The summed E-state index contributed by atoms with van der Waals surface area (Å²) in [5.74, 6) is -0.404. The number of carbonyl (C=O) groups excluding carboxylic acids is 3. The summed E-state index contributed by atoms with van der Waals surface area (Å²) >= 11 is 0. The van der Waals surface area contributed by atoms with Crippen molar-refractivity contribution in [2.75, 3.05) is 45.2 Å². The first-order chi connectivity index (χ1) is 11.4. The lowest BCUT2D eigenvalue weighted by Crippen LogP contribution is -2.38. The van der Waals surface area contributed by atoms with E-state index in [1.807, 2.05) is 19.2 Å². The molecule has 138 valence electrons. The number of benzene rings is 1. The van der Waals surface area contributed by atoms with Crippen LogP contribution < -0.4 is 15.5 Å². The summed E-state index contributed by atoms with van der Waals surface area (Å²) in [4.78, 5) is 38.9. The standard InChI is InChI=1S/C17H24N4O3.ClH/c1-12(22)19-11-16(23)21-8-6-13-10-14(4-5-15(13)21)17(24)20(3)9-7-18-2;/h4-5,10,18H,6-9,11H2,1-3H3,(H,19,22);1H. The fourth-order valence-corrected chi connectivity index (χ4v) is 2.69. The molecule has 3 amide bonds. The molecule has 0 saturated heterocycles. The Morgan fingerprint density at radius 2 is 2.00 bits per heavy atom. The van der Waals surface area contributed by atoms with Crippen molar-refractivity contribution in [3.8, 4) is 0 Å². The van der Waals surface area contributed by atoms with Crippen LogP contribution in [0.3, 0.4) is 0 Å². The molecule has 2 rings (SSSR count). The van der Waals surface area contributed by atoms with Crippen molar-refractivity contribution in [1.29, 1.82) is 0 Å². The van der Waals surface area contributed by atoms with E-state index >= 15 is 0 Å². The first-order valence-electron chi connectivity index (χ1n) is 8.02. The number of rotatable bonds is 6. The van der Waals surface area contributed by atoms with Crippen LogP contribution in [0.25, 0.3) is 0 Å². The van der Waals surface area contributed by atoms with Gasteiger partial charge in [-0.2, -0.15) is 0 Å². The van der Waals surface area contributed by atoms with Gasteiger partial charge in [-0.3, -0.25) is 14.4 Å². The predicted octanol–water partition coefficient (Wildman–Crippen LogP) is 0.425. The number of nitrogens with one attached hydrogen (secondary N) is 2. The van der Waals surface area contributed by atoms with Crippen molar-refractivity contribution >= 4 is 35.8 Å². The molecule has 1 aliphatic rings. The van der Waals surface area contributed by atoms with Gasteiger partial charge in [0.2, 0.25) is 11.8 Å². The maximum Gasteiger partial charge on any atom is 0.253 e. The third-order valence-corrected chi connectivity index (χ3v) is 4.06. The number of nitrogens with zero attached hydrogens (tertiary/aromatic N) is 2. The molecule has 1 aromatic carbocycles. The average Bonchev–Trinajstić information content (AvgIpc) is 2.99. The largest absolute Gasteiger partial charge is 0.347 e. The number of anilines is 1. The van der Waals surface area contributed by atoms with Crippen LogP contribution in [0.2, 0.25) is 0 Å². The molecule has 0 aliphatic carbocycles. The second-order valence-corrected chi connectivity index (χ2v) is 5.88. The van der Waals surface area contributed by atoms with Crippen molar-refractivity contribution in [2.45, 2.75) is 13.3 Å². The minimum absolute atomic E-state index is 0. The number of likely N-dealkylation sites (N-methyl/N-ethyl adjacent to an activating group) is 2. The summed E-state index contributed by atoms with van der Waals surface area (Å²) in [5.41, 5.74) is 2.43. The topological polar surface area (TPSA) is 81.8 Å². The van der Waals surface area contributed by atoms with E-state index in [0.29, 0.717) is 25.1 Å². The highest BCUT2D eigenvalue weighted by Gasteiger charge is 2.25. The van der Waals surface area contributed by atoms with Gasteiger partial charge in [-0.15, -0.1) is 12.4 Å². The minimum atomic E-state index is -0.228. The average molecular weight is 369 g/mol. The zero-order valence-electron chi connectivity index (χ0n) is 14.8. The monoisotopic (exact) mass is 368 g/mol. The fourth-order valence-electron chi connectivity index (χ4n) is 2.69. The molecular weight excluding hydrogens is 344 g/mol. The summed E-state index contributed by atoms with van der Waals surface area (Å²) in [7, 11) is 3.62. The first-order valence-corrected chi connectivity index (χ1v) is 8.02. The van der Waals surface area contributed by atoms with Gasteiger partial charge in [-0.25, -0.2) is 0 Å². The van der Waals surface area contributed by atoms with Gasteiger partial charge in [0.05, 0.1) is 6.54 Å². The number of amides is 3.